The van der Waals surface area contributed by atoms with Crippen molar-refractivity contribution in [3.63, 3.8) is 0 Å². The summed E-state index contributed by atoms with van der Waals surface area (Å²) < 4.78 is 20.9. The molecule has 172 valence electrons. The highest BCUT2D eigenvalue weighted by molar-refractivity contribution is 5.96. The fourth-order valence-electron chi connectivity index (χ4n) is 3.99. The summed E-state index contributed by atoms with van der Waals surface area (Å²) in [6.07, 6.45) is 3.30. The van der Waals surface area contributed by atoms with Crippen molar-refractivity contribution in [2.45, 2.75) is 26.6 Å². The number of amides is 1. The van der Waals surface area contributed by atoms with E-state index in [1.807, 2.05) is 0 Å². The van der Waals surface area contributed by atoms with Crippen LogP contribution >= 0.6 is 0 Å². The average Bonchev–Trinajstić information content (AvgIpc) is 3.35. The van der Waals surface area contributed by atoms with Crippen molar-refractivity contribution >= 4 is 12.1 Å². The third-order valence-electron chi connectivity index (χ3n) is 5.68. The standard InChI is InChI=1S/C26H23FN4O3/c1-3-34-25-9-20(23(27)8-19(25)17-6-4-5-16(7-17)10-28)26(33)31(2)14-18-11-30-24(15-32)22-13-29-12-21(18)22/h4-9,11,13,32H,3,12,14-15H2,1-2H3. The molecule has 2 aromatic carbocycles. The number of aliphatic hydroxyl groups excluding tert-OH is 1. The minimum absolute atomic E-state index is 0.112. The number of aliphatic hydroxyl groups is 1. The van der Waals surface area contributed by atoms with Crippen LogP contribution in [0.15, 0.2) is 47.6 Å². The Hall–Kier alpha value is -4.09. The monoisotopic (exact) mass is 458 g/mol. The lowest BCUT2D eigenvalue weighted by Crippen LogP contribution is -2.28. The zero-order chi connectivity index (χ0) is 24.2. The number of ether oxygens (including phenoxy) is 1. The lowest BCUT2D eigenvalue weighted by Gasteiger charge is -2.21. The summed E-state index contributed by atoms with van der Waals surface area (Å²) in [6, 6.07) is 11.5. The third kappa shape index (κ3) is 4.38. The molecule has 0 radical (unpaired) electrons. The van der Waals surface area contributed by atoms with Crippen LogP contribution in [0.4, 0.5) is 4.39 Å². The number of carbonyl (C=O) groups is 1. The summed E-state index contributed by atoms with van der Waals surface area (Å²) in [6.45, 7) is 2.59. The zero-order valence-corrected chi connectivity index (χ0v) is 18.9. The van der Waals surface area contributed by atoms with E-state index in [1.54, 1.807) is 50.6 Å². The number of rotatable bonds is 7. The highest BCUT2D eigenvalue weighted by Gasteiger charge is 2.23. The molecule has 0 saturated heterocycles. The fraction of sp³-hybridized carbons (Fsp3) is 0.231. The summed E-state index contributed by atoms with van der Waals surface area (Å²) in [5.74, 6) is -0.825. The van der Waals surface area contributed by atoms with Gasteiger partial charge in [-0.15, -0.1) is 0 Å². The van der Waals surface area contributed by atoms with Crippen molar-refractivity contribution in [3.8, 4) is 22.9 Å². The number of aromatic nitrogens is 1. The van der Waals surface area contributed by atoms with Crippen molar-refractivity contribution in [2.75, 3.05) is 13.7 Å². The molecule has 1 aromatic heterocycles. The lowest BCUT2D eigenvalue weighted by molar-refractivity contribution is 0.0779. The molecule has 34 heavy (non-hydrogen) atoms. The maximum absolute atomic E-state index is 15.2. The van der Waals surface area contributed by atoms with Crippen LogP contribution in [-0.4, -0.2) is 40.8 Å². The molecular weight excluding hydrogens is 435 g/mol. The number of carbonyl (C=O) groups excluding carboxylic acids is 1. The largest absolute Gasteiger partial charge is 0.493 e. The third-order valence-corrected chi connectivity index (χ3v) is 5.68. The average molecular weight is 458 g/mol. The number of pyridine rings is 1. The van der Waals surface area contributed by atoms with Gasteiger partial charge in [0, 0.05) is 37.1 Å². The van der Waals surface area contributed by atoms with Crippen LogP contribution in [0.2, 0.25) is 0 Å². The van der Waals surface area contributed by atoms with E-state index in [0.29, 0.717) is 41.3 Å². The first-order chi connectivity index (χ1) is 16.5. The first-order valence-electron chi connectivity index (χ1n) is 10.8. The first kappa shape index (κ1) is 23.1. The Balaban J connectivity index is 1.65. The molecular formula is C26H23FN4O3. The molecule has 0 bridgehead atoms. The summed E-state index contributed by atoms with van der Waals surface area (Å²) in [4.78, 5) is 23.1. The molecule has 0 atom stereocenters. The van der Waals surface area contributed by atoms with E-state index < -0.39 is 11.7 Å². The van der Waals surface area contributed by atoms with Crippen LogP contribution in [0, 0.1) is 17.1 Å². The number of hydrogen-bond donors (Lipinski definition) is 1. The predicted molar refractivity (Wildman–Crippen MR) is 125 cm³/mol. The quantitative estimate of drug-likeness (QED) is 0.580. The van der Waals surface area contributed by atoms with E-state index >= 15 is 4.39 Å². The van der Waals surface area contributed by atoms with Crippen molar-refractivity contribution in [1.29, 1.82) is 5.26 Å². The summed E-state index contributed by atoms with van der Waals surface area (Å²) in [5, 5.41) is 18.7. The number of benzene rings is 2. The molecule has 1 amide bonds. The van der Waals surface area contributed by atoms with E-state index in [-0.39, 0.29) is 18.7 Å². The van der Waals surface area contributed by atoms with Gasteiger partial charge in [0.2, 0.25) is 0 Å². The molecule has 1 aliphatic rings. The van der Waals surface area contributed by atoms with Crippen LogP contribution < -0.4 is 4.74 Å². The van der Waals surface area contributed by atoms with Gasteiger partial charge in [0.05, 0.1) is 42.6 Å². The van der Waals surface area contributed by atoms with Gasteiger partial charge in [-0.2, -0.15) is 5.26 Å². The minimum Gasteiger partial charge on any atom is -0.493 e. The molecule has 8 heteroatoms. The maximum Gasteiger partial charge on any atom is 0.257 e. The number of nitrogens with zero attached hydrogens (tertiary/aromatic N) is 4. The summed E-state index contributed by atoms with van der Waals surface area (Å²) >= 11 is 0. The van der Waals surface area contributed by atoms with E-state index in [9.17, 15) is 15.2 Å². The number of halogens is 1. The van der Waals surface area contributed by atoms with E-state index in [0.717, 1.165) is 16.7 Å². The van der Waals surface area contributed by atoms with Crippen LogP contribution in [0.25, 0.3) is 11.1 Å². The van der Waals surface area contributed by atoms with Crippen LogP contribution in [0.1, 0.15) is 45.2 Å². The van der Waals surface area contributed by atoms with Gasteiger partial charge in [-0.1, -0.05) is 12.1 Å². The second kappa shape index (κ2) is 9.81. The highest BCUT2D eigenvalue weighted by atomic mass is 19.1. The van der Waals surface area contributed by atoms with Crippen molar-refractivity contribution in [1.82, 2.24) is 9.88 Å². The van der Waals surface area contributed by atoms with Gasteiger partial charge in [-0.25, -0.2) is 4.39 Å². The van der Waals surface area contributed by atoms with Gasteiger partial charge in [0.15, 0.2) is 0 Å². The number of fused-ring (bicyclic) bond motifs is 1. The summed E-state index contributed by atoms with van der Waals surface area (Å²) in [7, 11) is 1.59. The second-order valence-corrected chi connectivity index (χ2v) is 7.87. The van der Waals surface area contributed by atoms with Crippen LogP contribution in [0.5, 0.6) is 5.75 Å². The lowest BCUT2D eigenvalue weighted by atomic mass is 9.99. The molecule has 1 N–H and O–H groups in total. The molecule has 1 aliphatic heterocycles. The second-order valence-electron chi connectivity index (χ2n) is 7.87. The van der Waals surface area contributed by atoms with Crippen molar-refractivity contribution < 1.29 is 19.0 Å². The van der Waals surface area contributed by atoms with Crippen LogP contribution in [0.3, 0.4) is 0 Å². The highest BCUT2D eigenvalue weighted by Crippen LogP contribution is 2.34. The Morgan fingerprint density at radius 2 is 2.15 bits per heavy atom. The Morgan fingerprint density at radius 1 is 1.32 bits per heavy atom. The molecule has 4 rings (SSSR count). The Bertz CT molecular complexity index is 1330. The van der Waals surface area contributed by atoms with Gasteiger partial charge < -0.3 is 14.7 Å². The topological polar surface area (TPSA) is 98.8 Å². The van der Waals surface area contributed by atoms with Gasteiger partial charge in [-0.05, 0) is 47.9 Å². The fourth-order valence-corrected chi connectivity index (χ4v) is 3.99. The number of hydrogen-bond acceptors (Lipinski definition) is 6. The molecule has 0 aliphatic carbocycles. The normalized spacial score (nSPS) is 11.7. The Labute approximate surface area is 196 Å². The van der Waals surface area contributed by atoms with Crippen molar-refractivity contribution in [2.24, 2.45) is 4.99 Å². The maximum atomic E-state index is 15.2. The molecule has 0 spiro atoms. The number of aliphatic imine (C=N–C) groups is 1. The molecule has 0 saturated carbocycles. The van der Waals surface area contributed by atoms with Crippen molar-refractivity contribution in [3.05, 3.63) is 81.9 Å². The molecule has 7 nitrogen and oxygen atoms in total. The first-order valence-corrected chi connectivity index (χ1v) is 10.8. The summed E-state index contributed by atoms with van der Waals surface area (Å²) in [5.41, 5.74) is 4.43. The predicted octanol–water partition coefficient (Wildman–Crippen LogP) is 3.86. The van der Waals surface area contributed by atoms with E-state index in [1.165, 1.54) is 17.0 Å². The van der Waals surface area contributed by atoms with Gasteiger partial charge >= 0.3 is 0 Å². The molecule has 2 heterocycles. The van der Waals surface area contributed by atoms with Crippen LogP contribution in [-0.2, 0) is 19.7 Å². The van der Waals surface area contributed by atoms with Gasteiger partial charge in [0.25, 0.3) is 5.91 Å². The Kier molecular flexibility index (Phi) is 6.66. The minimum atomic E-state index is -0.681. The Morgan fingerprint density at radius 3 is 2.88 bits per heavy atom. The van der Waals surface area contributed by atoms with Gasteiger partial charge in [0.1, 0.15) is 11.6 Å². The molecule has 0 fully saturated rings. The molecule has 0 unspecified atom stereocenters. The zero-order valence-electron chi connectivity index (χ0n) is 18.9. The van der Waals surface area contributed by atoms with E-state index in [4.69, 9.17) is 4.74 Å². The SMILES string of the molecule is CCOc1cc(C(=O)N(C)Cc2cnc(CO)c3c2CN=C3)c(F)cc1-c1cccc(C#N)c1. The number of nitriles is 1. The molecule has 3 aromatic rings. The smallest absolute Gasteiger partial charge is 0.257 e. The van der Waals surface area contributed by atoms with E-state index in [2.05, 4.69) is 16.0 Å². The van der Waals surface area contributed by atoms with Gasteiger partial charge in [-0.3, -0.25) is 14.8 Å².